The number of carbonyl (C=O) groups excluding carboxylic acids is 1. The van der Waals surface area contributed by atoms with Crippen LogP contribution in [0.5, 0.6) is 0 Å². The Labute approximate surface area is 186 Å². The molecule has 1 unspecified atom stereocenters. The number of hydrogen-bond donors (Lipinski definition) is 2. The highest BCUT2D eigenvalue weighted by Gasteiger charge is 2.29. The van der Waals surface area contributed by atoms with Crippen molar-refractivity contribution >= 4 is 11.7 Å². The molecule has 0 aliphatic heterocycles. The highest BCUT2D eigenvalue weighted by atomic mass is 16.1. The zero-order valence-corrected chi connectivity index (χ0v) is 17.9. The predicted octanol–water partition coefficient (Wildman–Crippen LogP) is 3.86. The molecule has 0 spiro atoms. The maximum atomic E-state index is 12.9. The summed E-state index contributed by atoms with van der Waals surface area (Å²) in [4.78, 5) is 21.6. The van der Waals surface area contributed by atoms with Crippen LogP contribution in [-0.2, 0) is 0 Å². The molecule has 0 bridgehead atoms. The third-order valence-corrected chi connectivity index (χ3v) is 5.65. The second kappa shape index (κ2) is 8.74. The Kier molecular flexibility index (Phi) is 5.49. The molecule has 5 rings (SSSR count). The van der Waals surface area contributed by atoms with E-state index in [0.29, 0.717) is 11.7 Å². The molecule has 3 aromatic rings. The maximum Gasteiger partial charge on any atom is 0.274 e. The van der Waals surface area contributed by atoms with Crippen LogP contribution in [0.2, 0.25) is 0 Å². The van der Waals surface area contributed by atoms with Crippen molar-refractivity contribution in [3.63, 3.8) is 0 Å². The summed E-state index contributed by atoms with van der Waals surface area (Å²) < 4.78 is 2.17. The maximum absolute atomic E-state index is 12.9. The third-order valence-electron chi connectivity index (χ3n) is 5.65. The molecule has 2 N–H and O–H groups in total. The molecule has 0 saturated heterocycles. The van der Waals surface area contributed by atoms with Crippen LogP contribution >= 0.6 is 0 Å². The molecule has 32 heavy (non-hydrogen) atoms. The van der Waals surface area contributed by atoms with Crippen LogP contribution in [0.3, 0.4) is 0 Å². The van der Waals surface area contributed by atoms with Crippen LogP contribution in [0.25, 0.3) is 11.1 Å². The Morgan fingerprint density at radius 2 is 2.09 bits per heavy atom. The standard InChI is InChI=1S/C24H25N7O/c1-2-25-22-9-6-18(14-27-22)16-10-11-26-21(13-16)24(32)29-19-5-3-4-17(12-19)23-30-28-15-31(23)20-7-8-20/h3,5-6,9-15,17,20H,2,4,7-8H2,1H3,(H,25,27)(H,29,32). The highest BCUT2D eigenvalue weighted by molar-refractivity contribution is 5.94. The number of rotatable bonds is 7. The van der Waals surface area contributed by atoms with Crippen molar-refractivity contribution in [1.82, 2.24) is 30.0 Å². The first-order valence-corrected chi connectivity index (χ1v) is 11.0. The Balaban J connectivity index is 1.31. The fraction of sp³-hybridized carbons (Fsp3) is 0.292. The average molecular weight is 428 g/mol. The normalized spacial score (nSPS) is 17.7. The van der Waals surface area contributed by atoms with Crippen molar-refractivity contribution in [3.8, 4) is 11.1 Å². The van der Waals surface area contributed by atoms with Crippen LogP contribution < -0.4 is 10.6 Å². The summed E-state index contributed by atoms with van der Waals surface area (Å²) in [5, 5.41) is 14.6. The second-order valence-corrected chi connectivity index (χ2v) is 8.04. The van der Waals surface area contributed by atoms with Gasteiger partial charge in [-0.15, -0.1) is 10.2 Å². The van der Waals surface area contributed by atoms with Crippen molar-refractivity contribution in [2.45, 2.75) is 38.1 Å². The van der Waals surface area contributed by atoms with Crippen LogP contribution in [0.4, 0.5) is 5.82 Å². The summed E-state index contributed by atoms with van der Waals surface area (Å²) in [6.07, 6.45) is 14.5. The van der Waals surface area contributed by atoms with Gasteiger partial charge in [-0.1, -0.05) is 6.08 Å². The van der Waals surface area contributed by atoms with E-state index in [1.807, 2.05) is 43.6 Å². The summed E-state index contributed by atoms with van der Waals surface area (Å²) in [6, 6.07) is 8.09. The SMILES string of the molecule is CCNc1ccc(-c2ccnc(C(=O)NC3=CC(c4nncn4C4CC4)CC=C3)c2)cn1. The van der Waals surface area contributed by atoms with Crippen LogP contribution in [0, 0.1) is 0 Å². The highest BCUT2D eigenvalue weighted by Crippen LogP contribution is 2.38. The fourth-order valence-corrected chi connectivity index (χ4v) is 3.88. The fourth-order valence-electron chi connectivity index (χ4n) is 3.88. The van der Waals surface area contributed by atoms with E-state index in [0.717, 1.165) is 41.4 Å². The van der Waals surface area contributed by atoms with Crippen molar-refractivity contribution in [1.29, 1.82) is 0 Å². The Bertz CT molecular complexity index is 1180. The number of allylic oxidation sites excluding steroid dienone is 3. The van der Waals surface area contributed by atoms with Gasteiger partial charge in [0.25, 0.3) is 5.91 Å². The Hall–Kier alpha value is -3.81. The summed E-state index contributed by atoms with van der Waals surface area (Å²) >= 11 is 0. The lowest BCUT2D eigenvalue weighted by Gasteiger charge is -2.17. The van der Waals surface area contributed by atoms with Gasteiger partial charge in [0.15, 0.2) is 0 Å². The van der Waals surface area contributed by atoms with Gasteiger partial charge >= 0.3 is 0 Å². The van der Waals surface area contributed by atoms with Crippen LogP contribution in [0.1, 0.15) is 54.5 Å². The van der Waals surface area contributed by atoms with Crippen molar-refractivity contribution < 1.29 is 4.79 Å². The molecule has 0 aromatic carbocycles. The molecule has 1 fully saturated rings. The van der Waals surface area contributed by atoms with Gasteiger partial charge in [0, 0.05) is 42.2 Å². The minimum absolute atomic E-state index is 0.0963. The quantitative estimate of drug-likeness (QED) is 0.594. The lowest BCUT2D eigenvalue weighted by Crippen LogP contribution is -2.24. The number of hydrogen-bond acceptors (Lipinski definition) is 6. The van der Waals surface area contributed by atoms with E-state index in [1.54, 1.807) is 18.5 Å². The number of anilines is 1. The smallest absolute Gasteiger partial charge is 0.274 e. The van der Waals surface area contributed by atoms with E-state index in [4.69, 9.17) is 0 Å². The number of nitrogens with one attached hydrogen (secondary N) is 2. The zero-order chi connectivity index (χ0) is 21.9. The summed E-state index contributed by atoms with van der Waals surface area (Å²) in [5.74, 6) is 1.63. The zero-order valence-electron chi connectivity index (χ0n) is 17.9. The van der Waals surface area contributed by atoms with E-state index in [-0.39, 0.29) is 11.8 Å². The first kappa shape index (κ1) is 20.1. The van der Waals surface area contributed by atoms with Gasteiger partial charge in [0.1, 0.15) is 23.7 Å². The molecule has 2 aliphatic carbocycles. The number of pyridine rings is 2. The molecule has 1 amide bonds. The van der Waals surface area contributed by atoms with Crippen molar-refractivity contribution in [2.24, 2.45) is 0 Å². The molecule has 8 nitrogen and oxygen atoms in total. The molecule has 3 heterocycles. The Morgan fingerprint density at radius 3 is 2.88 bits per heavy atom. The molecule has 1 saturated carbocycles. The number of amides is 1. The molecule has 8 heteroatoms. The van der Waals surface area contributed by atoms with E-state index >= 15 is 0 Å². The second-order valence-electron chi connectivity index (χ2n) is 8.04. The number of aromatic nitrogens is 5. The van der Waals surface area contributed by atoms with Crippen molar-refractivity contribution in [2.75, 3.05) is 11.9 Å². The van der Waals surface area contributed by atoms with Crippen LogP contribution in [-0.4, -0.2) is 37.2 Å². The summed E-state index contributed by atoms with van der Waals surface area (Å²) in [5.41, 5.74) is 2.93. The summed E-state index contributed by atoms with van der Waals surface area (Å²) in [7, 11) is 0. The number of nitrogens with zero attached hydrogens (tertiary/aromatic N) is 5. The van der Waals surface area contributed by atoms with E-state index < -0.39 is 0 Å². The molecular formula is C24H25N7O. The molecular weight excluding hydrogens is 402 g/mol. The van der Waals surface area contributed by atoms with Crippen molar-refractivity contribution in [3.05, 3.63) is 78.4 Å². The predicted molar refractivity (Wildman–Crippen MR) is 122 cm³/mol. The lowest BCUT2D eigenvalue weighted by atomic mass is 9.98. The first-order valence-electron chi connectivity index (χ1n) is 11.0. The first-order chi connectivity index (χ1) is 15.7. The minimum atomic E-state index is -0.246. The van der Waals surface area contributed by atoms with E-state index in [2.05, 4.69) is 41.4 Å². The number of carbonyl (C=O) groups is 1. The molecule has 0 radical (unpaired) electrons. The molecule has 162 valence electrons. The van der Waals surface area contributed by atoms with Gasteiger partial charge in [-0.2, -0.15) is 0 Å². The van der Waals surface area contributed by atoms with E-state index in [1.165, 1.54) is 12.8 Å². The Morgan fingerprint density at radius 1 is 1.19 bits per heavy atom. The van der Waals surface area contributed by atoms with Gasteiger partial charge in [-0.3, -0.25) is 9.78 Å². The van der Waals surface area contributed by atoms with Crippen LogP contribution in [0.15, 0.2) is 66.9 Å². The third kappa shape index (κ3) is 4.30. The molecule has 2 aliphatic rings. The monoisotopic (exact) mass is 427 g/mol. The van der Waals surface area contributed by atoms with Gasteiger partial charge < -0.3 is 15.2 Å². The topological polar surface area (TPSA) is 97.6 Å². The van der Waals surface area contributed by atoms with Gasteiger partial charge in [0.05, 0.1) is 0 Å². The average Bonchev–Trinajstić information content (AvgIpc) is 3.56. The van der Waals surface area contributed by atoms with Gasteiger partial charge in [-0.05, 0) is 68.2 Å². The molecule has 1 atom stereocenters. The lowest BCUT2D eigenvalue weighted by molar-refractivity contribution is 0.0962. The van der Waals surface area contributed by atoms with Gasteiger partial charge in [0.2, 0.25) is 0 Å². The minimum Gasteiger partial charge on any atom is -0.370 e. The summed E-state index contributed by atoms with van der Waals surface area (Å²) in [6.45, 7) is 2.84. The van der Waals surface area contributed by atoms with Gasteiger partial charge in [-0.25, -0.2) is 4.98 Å². The molecule has 3 aromatic heterocycles. The van der Waals surface area contributed by atoms with E-state index in [9.17, 15) is 4.79 Å². The largest absolute Gasteiger partial charge is 0.370 e.